The highest BCUT2D eigenvalue weighted by molar-refractivity contribution is 5.76. The van der Waals surface area contributed by atoms with Crippen molar-refractivity contribution in [3.8, 4) is 0 Å². The Balaban J connectivity index is 1.89. The van der Waals surface area contributed by atoms with Gasteiger partial charge in [0.05, 0.1) is 6.10 Å². The molecule has 6 nitrogen and oxygen atoms in total. The van der Waals surface area contributed by atoms with Gasteiger partial charge in [-0.3, -0.25) is 9.48 Å². The number of aliphatic hydroxyl groups is 1. The Bertz CT molecular complexity index is 405. The molecule has 1 amide bonds. The molecule has 1 aliphatic rings. The van der Waals surface area contributed by atoms with Crippen LogP contribution in [0, 0.1) is 0 Å². The summed E-state index contributed by atoms with van der Waals surface area (Å²) in [6.45, 7) is 1.84. The van der Waals surface area contributed by atoms with Crippen LogP contribution in [0.1, 0.15) is 12.8 Å². The average molecular weight is 266 g/mol. The van der Waals surface area contributed by atoms with Crippen molar-refractivity contribution in [1.82, 2.24) is 19.6 Å². The Morgan fingerprint density at radius 1 is 1.53 bits per heavy atom. The van der Waals surface area contributed by atoms with Crippen molar-refractivity contribution in [1.29, 1.82) is 0 Å². The van der Waals surface area contributed by atoms with Crippen LogP contribution in [0.4, 0.5) is 0 Å². The Hall–Kier alpha value is -1.40. The number of aliphatic hydroxyl groups excluding tert-OH is 1. The molecule has 2 rings (SSSR count). The molecule has 0 aliphatic carbocycles. The number of carbonyl (C=O) groups is 1. The summed E-state index contributed by atoms with van der Waals surface area (Å²) in [5.41, 5.74) is 0. The molecule has 1 fully saturated rings. The number of likely N-dealkylation sites (tertiary alicyclic amines) is 1. The van der Waals surface area contributed by atoms with Crippen LogP contribution >= 0.6 is 0 Å². The van der Waals surface area contributed by atoms with E-state index in [-0.39, 0.29) is 11.9 Å². The van der Waals surface area contributed by atoms with E-state index in [4.69, 9.17) is 0 Å². The fourth-order valence-electron chi connectivity index (χ4n) is 2.58. The number of rotatable bonds is 5. The highest BCUT2D eigenvalue weighted by Crippen LogP contribution is 2.19. The Morgan fingerprint density at radius 2 is 2.32 bits per heavy atom. The first-order valence-corrected chi connectivity index (χ1v) is 6.66. The maximum Gasteiger partial charge on any atom is 0.224 e. The topological polar surface area (TPSA) is 61.6 Å². The molecule has 0 bridgehead atoms. The maximum absolute atomic E-state index is 12.2. The van der Waals surface area contributed by atoms with Crippen molar-refractivity contribution in [2.75, 3.05) is 27.2 Å². The van der Waals surface area contributed by atoms with E-state index < -0.39 is 6.10 Å². The van der Waals surface area contributed by atoms with Gasteiger partial charge in [0, 0.05) is 44.5 Å². The molecule has 106 valence electrons. The van der Waals surface area contributed by atoms with Crippen LogP contribution in [0.15, 0.2) is 18.5 Å². The number of β-amino-alcohol motifs (C(OH)–C–C–N with tert-alkyl or cyclic N) is 1. The summed E-state index contributed by atoms with van der Waals surface area (Å²) in [5.74, 6) is 0.0962. The lowest BCUT2D eigenvalue weighted by Crippen LogP contribution is -2.41. The number of hydrogen-bond acceptors (Lipinski definition) is 4. The molecule has 6 heteroatoms. The predicted octanol–water partition coefficient (Wildman–Crippen LogP) is -0.203. The van der Waals surface area contributed by atoms with E-state index in [1.807, 2.05) is 31.3 Å². The highest BCUT2D eigenvalue weighted by Gasteiger charge is 2.33. The molecule has 2 heterocycles. The van der Waals surface area contributed by atoms with Crippen LogP contribution < -0.4 is 0 Å². The Labute approximate surface area is 113 Å². The van der Waals surface area contributed by atoms with Gasteiger partial charge in [0.25, 0.3) is 0 Å². The number of carbonyl (C=O) groups excluding carboxylic acids is 1. The summed E-state index contributed by atoms with van der Waals surface area (Å²) < 4.78 is 1.76. The number of aromatic nitrogens is 2. The summed E-state index contributed by atoms with van der Waals surface area (Å²) in [6.07, 6.45) is 4.27. The number of likely N-dealkylation sites (N-methyl/N-ethyl adjacent to an activating group) is 1. The zero-order chi connectivity index (χ0) is 13.8. The molecule has 2 atom stereocenters. The third-order valence-corrected chi connectivity index (χ3v) is 3.40. The molecule has 1 N–H and O–H groups in total. The largest absolute Gasteiger partial charge is 0.391 e. The van der Waals surface area contributed by atoms with E-state index in [2.05, 4.69) is 10.00 Å². The molecular formula is C13H22N4O2. The minimum absolute atomic E-state index is 0.0962. The molecule has 1 aliphatic heterocycles. The standard InChI is InChI=1S/C13H22N4O2/c1-15(2)9-11-8-12(18)10-17(11)13(19)4-7-16-6-3-5-14-16/h3,5-6,11-12,18H,4,7-10H2,1-2H3. The maximum atomic E-state index is 12.2. The number of nitrogens with zero attached hydrogens (tertiary/aromatic N) is 4. The first-order chi connectivity index (χ1) is 9.06. The third kappa shape index (κ3) is 3.78. The third-order valence-electron chi connectivity index (χ3n) is 3.40. The van der Waals surface area contributed by atoms with Crippen molar-refractivity contribution in [3.63, 3.8) is 0 Å². The molecule has 0 spiro atoms. The van der Waals surface area contributed by atoms with E-state index >= 15 is 0 Å². The zero-order valence-electron chi connectivity index (χ0n) is 11.6. The monoisotopic (exact) mass is 266 g/mol. The minimum atomic E-state index is -0.390. The summed E-state index contributed by atoms with van der Waals surface area (Å²) in [6, 6.07) is 1.97. The van der Waals surface area contributed by atoms with Gasteiger partial charge in [0.2, 0.25) is 5.91 Å². The zero-order valence-corrected chi connectivity index (χ0v) is 11.6. The van der Waals surface area contributed by atoms with E-state index in [1.165, 1.54) is 0 Å². The van der Waals surface area contributed by atoms with E-state index in [1.54, 1.807) is 10.9 Å². The lowest BCUT2D eigenvalue weighted by atomic mass is 10.2. The number of aryl methyl sites for hydroxylation is 1. The summed E-state index contributed by atoms with van der Waals surface area (Å²) in [7, 11) is 3.97. The van der Waals surface area contributed by atoms with Gasteiger partial charge in [-0.05, 0) is 26.6 Å². The minimum Gasteiger partial charge on any atom is -0.391 e. The molecular weight excluding hydrogens is 244 g/mol. The first kappa shape index (κ1) is 14.0. The second-order valence-electron chi connectivity index (χ2n) is 5.37. The van der Waals surface area contributed by atoms with Gasteiger partial charge in [0.15, 0.2) is 0 Å². The van der Waals surface area contributed by atoms with Gasteiger partial charge < -0.3 is 14.9 Å². The van der Waals surface area contributed by atoms with Crippen molar-refractivity contribution in [3.05, 3.63) is 18.5 Å². The van der Waals surface area contributed by atoms with Crippen LogP contribution in [0.25, 0.3) is 0 Å². The number of amides is 1. The van der Waals surface area contributed by atoms with Gasteiger partial charge in [-0.15, -0.1) is 0 Å². The van der Waals surface area contributed by atoms with Gasteiger partial charge in [-0.25, -0.2) is 0 Å². The SMILES string of the molecule is CN(C)CC1CC(O)CN1C(=O)CCn1cccn1. The van der Waals surface area contributed by atoms with Crippen molar-refractivity contribution < 1.29 is 9.90 Å². The van der Waals surface area contributed by atoms with Crippen molar-refractivity contribution in [2.24, 2.45) is 0 Å². The van der Waals surface area contributed by atoms with E-state index in [0.29, 0.717) is 25.9 Å². The van der Waals surface area contributed by atoms with Gasteiger partial charge in [0.1, 0.15) is 0 Å². The quantitative estimate of drug-likeness (QED) is 0.801. The molecule has 0 saturated carbocycles. The van der Waals surface area contributed by atoms with Gasteiger partial charge >= 0.3 is 0 Å². The second kappa shape index (κ2) is 6.16. The molecule has 2 unspecified atom stereocenters. The normalized spacial score (nSPS) is 23.3. The summed E-state index contributed by atoms with van der Waals surface area (Å²) in [4.78, 5) is 16.1. The van der Waals surface area contributed by atoms with Crippen LogP contribution in [0.2, 0.25) is 0 Å². The molecule has 1 aromatic rings. The van der Waals surface area contributed by atoms with Crippen molar-refractivity contribution in [2.45, 2.75) is 31.5 Å². The molecule has 19 heavy (non-hydrogen) atoms. The molecule has 0 aromatic carbocycles. The van der Waals surface area contributed by atoms with E-state index in [0.717, 1.165) is 6.54 Å². The molecule has 0 radical (unpaired) electrons. The Morgan fingerprint density at radius 3 is 2.95 bits per heavy atom. The van der Waals surface area contributed by atoms with E-state index in [9.17, 15) is 9.90 Å². The summed E-state index contributed by atoms with van der Waals surface area (Å²) in [5, 5.41) is 13.8. The van der Waals surface area contributed by atoms with Gasteiger partial charge in [-0.1, -0.05) is 0 Å². The smallest absolute Gasteiger partial charge is 0.224 e. The first-order valence-electron chi connectivity index (χ1n) is 6.66. The van der Waals surface area contributed by atoms with Crippen LogP contribution in [0.3, 0.4) is 0 Å². The highest BCUT2D eigenvalue weighted by atomic mass is 16.3. The number of hydrogen-bond donors (Lipinski definition) is 1. The predicted molar refractivity (Wildman–Crippen MR) is 71.5 cm³/mol. The van der Waals surface area contributed by atoms with Crippen LogP contribution in [-0.4, -0.2) is 69.9 Å². The Kier molecular flexibility index (Phi) is 4.55. The summed E-state index contributed by atoms with van der Waals surface area (Å²) >= 11 is 0. The lowest BCUT2D eigenvalue weighted by Gasteiger charge is -2.26. The second-order valence-corrected chi connectivity index (χ2v) is 5.37. The van der Waals surface area contributed by atoms with Gasteiger partial charge in [-0.2, -0.15) is 5.10 Å². The lowest BCUT2D eigenvalue weighted by molar-refractivity contribution is -0.132. The van der Waals surface area contributed by atoms with Crippen LogP contribution in [0.5, 0.6) is 0 Å². The molecule has 1 saturated heterocycles. The average Bonchev–Trinajstić information content (AvgIpc) is 2.95. The molecule has 1 aromatic heterocycles. The fraction of sp³-hybridized carbons (Fsp3) is 0.692. The van der Waals surface area contributed by atoms with Crippen LogP contribution in [-0.2, 0) is 11.3 Å². The fourth-order valence-corrected chi connectivity index (χ4v) is 2.58. The van der Waals surface area contributed by atoms with Crippen molar-refractivity contribution >= 4 is 5.91 Å².